The fourth-order valence-electron chi connectivity index (χ4n) is 1.78. The number of aromatic nitrogens is 1. The van der Waals surface area contributed by atoms with Gasteiger partial charge in [-0.2, -0.15) is 0 Å². The third kappa shape index (κ3) is 1.77. The highest BCUT2D eigenvalue weighted by molar-refractivity contribution is 6.31. The summed E-state index contributed by atoms with van der Waals surface area (Å²) in [7, 11) is 0. The summed E-state index contributed by atoms with van der Waals surface area (Å²) in [5.41, 5.74) is 1.77. The quantitative estimate of drug-likeness (QED) is 0.796. The summed E-state index contributed by atoms with van der Waals surface area (Å²) in [5.74, 6) is 0.480. The number of aromatic hydroxyl groups is 1. The Morgan fingerprint density at radius 1 is 1.33 bits per heavy atom. The maximum absolute atomic E-state index is 9.76. The molecule has 0 atom stereocenters. The smallest absolute Gasteiger partial charge is 0.137 e. The van der Waals surface area contributed by atoms with E-state index in [1.165, 1.54) is 6.20 Å². The molecular formula is C12H12ClNO. The van der Waals surface area contributed by atoms with E-state index in [1.54, 1.807) is 6.07 Å². The Labute approximate surface area is 93.5 Å². The van der Waals surface area contributed by atoms with Crippen LogP contribution in [-0.4, -0.2) is 10.1 Å². The Kier molecular flexibility index (Phi) is 2.53. The molecule has 0 amide bonds. The Bertz CT molecular complexity index is 503. The monoisotopic (exact) mass is 221 g/mol. The van der Waals surface area contributed by atoms with Crippen molar-refractivity contribution in [3.63, 3.8) is 0 Å². The van der Waals surface area contributed by atoms with Crippen molar-refractivity contribution in [3.05, 3.63) is 35.0 Å². The van der Waals surface area contributed by atoms with Gasteiger partial charge >= 0.3 is 0 Å². The minimum absolute atomic E-state index is 0.236. The predicted molar refractivity (Wildman–Crippen MR) is 62.5 cm³/mol. The Morgan fingerprint density at radius 2 is 2.07 bits per heavy atom. The molecule has 0 saturated carbocycles. The van der Waals surface area contributed by atoms with Gasteiger partial charge < -0.3 is 5.11 Å². The first-order valence-electron chi connectivity index (χ1n) is 4.86. The number of hydrogen-bond acceptors (Lipinski definition) is 2. The summed E-state index contributed by atoms with van der Waals surface area (Å²) in [4.78, 5) is 4.16. The Balaban J connectivity index is 2.84. The summed E-state index contributed by atoms with van der Waals surface area (Å²) in [6.45, 7) is 4.07. The lowest BCUT2D eigenvalue weighted by Crippen LogP contribution is -1.92. The molecule has 1 heterocycles. The van der Waals surface area contributed by atoms with E-state index >= 15 is 0 Å². The van der Waals surface area contributed by atoms with E-state index in [9.17, 15) is 5.11 Å². The maximum atomic E-state index is 9.76. The van der Waals surface area contributed by atoms with Crippen LogP contribution in [0.4, 0.5) is 0 Å². The second-order valence-corrected chi connectivity index (χ2v) is 4.31. The largest absolute Gasteiger partial charge is 0.506 e. The summed E-state index contributed by atoms with van der Waals surface area (Å²) >= 11 is 5.94. The van der Waals surface area contributed by atoms with E-state index in [4.69, 9.17) is 11.6 Å². The van der Waals surface area contributed by atoms with Crippen LogP contribution in [0.15, 0.2) is 24.4 Å². The van der Waals surface area contributed by atoms with Gasteiger partial charge in [-0.25, -0.2) is 0 Å². The topological polar surface area (TPSA) is 33.1 Å². The summed E-state index contributed by atoms with van der Waals surface area (Å²) in [6.07, 6.45) is 1.49. The average Bonchev–Trinajstić information content (AvgIpc) is 2.16. The number of halogens is 1. The van der Waals surface area contributed by atoms with Crippen molar-refractivity contribution in [1.82, 2.24) is 4.98 Å². The van der Waals surface area contributed by atoms with Crippen LogP contribution in [0.25, 0.3) is 10.9 Å². The Hall–Kier alpha value is -1.28. The van der Waals surface area contributed by atoms with Crippen molar-refractivity contribution >= 4 is 22.5 Å². The lowest BCUT2D eigenvalue weighted by atomic mass is 9.98. The number of pyridine rings is 1. The van der Waals surface area contributed by atoms with E-state index < -0.39 is 0 Å². The average molecular weight is 222 g/mol. The number of hydrogen-bond donors (Lipinski definition) is 1. The predicted octanol–water partition coefficient (Wildman–Crippen LogP) is 3.72. The molecule has 78 valence electrons. The highest BCUT2D eigenvalue weighted by atomic mass is 35.5. The molecule has 15 heavy (non-hydrogen) atoms. The van der Waals surface area contributed by atoms with Crippen molar-refractivity contribution in [2.75, 3.05) is 0 Å². The van der Waals surface area contributed by atoms with Gasteiger partial charge in [-0.05, 0) is 24.1 Å². The zero-order valence-corrected chi connectivity index (χ0v) is 9.42. The molecule has 0 unspecified atom stereocenters. The molecule has 0 bridgehead atoms. The van der Waals surface area contributed by atoms with E-state index in [0.717, 1.165) is 16.5 Å². The van der Waals surface area contributed by atoms with Crippen LogP contribution in [0.2, 0.25) is 5.02 Å². The molecular weight excluding hydrogens is 210 g/mol. The molecule has 2 rings (SSSR count). The second-order valence-electron chi connectivity index (χ2n) is 3.87. The first-order chi connectivity index (χ1) is 7.09. The Morgan fingerprint density at radius 3 is 2.73 bits per heavy atom. The van der Waals surface area contributed by atoms with Gasteiger partial charge in [0.15, 0.2) is 0 Å². The van der Waals surface area contributed by atoms with Crippen molar-refractivity contribution in [2.24, 2.45) is 0 Å². The first kappa shape index (κ1) is 10.2. The lowest BCUT2D eigenvalue weighted by Gasteiger charge is -2.11. The number of fused-ring (bicyclic) bond motifs is 1. The third-order valence-electron chi connectivity index (χ3n) is 2.43. The summed E-state index contributed by atoms with van der Waals surface area (Å²) < 4.78 is 0. The molecule has 1 aromatic carbocycles. The fourth-order valence-corrected chi connectivity index (χ4v) is 1.95. The molecule has 1 aromatic heterocycles. The van der Waals surface area contributed by atoms with Gasteiger partial charge in [0.2, 0.25) is 0 Å². The van der Waals surface area contributed by atoms with Crippen molar-refractivity contribution < 1.29 is 5.11 Å². The van der Waals surface area contributed by atoms with Crippen LogP contribution in [0.1, 0.15) is 25.3 Å². The van der Waals surface area contributed by atoms with E-state index in [0.29, 0.717) is 5.02 Å². The molecule has 3 heteroatoms. The van der Waals surface area contributed by atoms with Gasteiger partial charge in [-0.3, -0.25) is 4.98 Å². The molecule has 0 aliphatic carbocycles. The zero-order chi connectivity index (χ0) is 11.0. The highest BCUT2D eigenvalue weighted by Gasteiger charge is 2.11. The van der Waals surface area contributed by atoms with Gasteiger partial charge in [-0.1, -0.05) is 25.4 Å². The van der Waals surface area contributed by atoms with Crippen LogP contribution in [0.5, 0.6) is 5.75 Å². The third-order valence-corrected chi connectivity index (χ3v) is 2.66. The molecule has 0 fully saturated rings. The van der Waals surface area contributed by atoms with E-state index in [2.05, 4.69) is 4.98 Å². The highest BCUT2D eigenvalue weighted by Crippen LogP contribution is 2.32. The standard InChI is InChI=1S/C12H12ClNO/c1-7(2)12-9-5-8(13)3-4-10(9)14-6-11(12)15/h3-7,15H,1-2H3. The van der Waals surface area contributed by atoms with Crippen molar-refractivity contribution in [1.29, 1.82) is 0 Å². The number of rotatable bonds is 1. The maximum Gasteiger partial charge on any atom is 0.137 e. The lowest BCUT2D eigenvalue weighted by molar-refractivity contribution is 0.464. The van der Waals surface area contributed by atoms with Crippen molar-refractivity contribution in [2.45, 2.75) is 19.8 Å². The van der Waals surface area contributed by atoms with E-state index in [1.807, 2.05) is 26.0 Å². The molecule has 0 spiro atoms. The number of nitrogens with zero attached hydrogens (tertiary/aromatic N) is 1. The van der Waals surface area contributed by atoms with Gasteiger partial charge in [0.1, 0.15) is 5.75 Å². The fraction of sp³-hybridized carbons (Fsp3) is 0.250. The molecule has 0 radical (unpaired) electrons. The van der Waals surface area contributed by atoms with Crippen LogP contribution < -0.4 is 0 Å². The first-order valence-corrected chi connectivity index (χ1v) is 5.24. The molecule has 0 saturated heterocycles. The molecule has 2 nitrogen and oxygen atoms in total. The van der Waals surface area contributed by atoms with Crippen LogP contribution in [-0.2, 0) is 0 Å². The van der Waals surface area contributed by atoms with Gasteiger partial charge in [0.25, 0.3) is 0 Å². The molecule has 0 aliphatic rings. The summed E-state index contributed by atoms with van der Waals surface area (Å²) in [6, 6.07) is 5.51. The van der Waals surface area contributed by atoms with Gasteiger partial charge in [0, 0.05) is 16.0 Å². The van der Waals surface area contributed by atoms with Crippen LogP contribution in [0.3, 0.4) is 0 Å². The molecule has 1 N–H and O–H groups in total. The molecule has 0 aliphatic heterocycles. The summed E-state index contributed by atoms with van der Waals surface area (Å²) in [5, 5.41) is 11.4. The minimum atomic E-state index is 0.236. The second kappa shape index (κ2) is 3.70. The van der Waals surface area contributed by atoms with Crippen LogP contribution in [0, 0.1) is 0 Å². The minimum Gasteiger partial charge on any atom is -0.506 e. The SMILES string of the molecule is CC(C)c1c(O)cnc2ccc(Cl)cc12. The zero-order valence-electron chi connectivity index (χ0n) is 8.66. The van der Waals surface area contributed by atoms with E-state index in [-0.39, 0.29) is 11.7 Å². The van der Waals surface area contributed by atoms with Crippen LogP contribution >= 0.6 is 11.6 Å². The number of benzene rings is 1. The molecule has 2 aromatic rings. The van der Waals surface area contributed by atoms with Gasteiger partial charge in [-0.15, -0.1) is 0 Å². The normalized spacial score (nSPS) is 11.2. The van der Waals surface area contributed by atoms with Gasteiger partial charge in [0.05, 0.1) is 11.7 Å². The van der Waals surface area contributed by atoms with Crippen molar-refractivity contribution in [3.8, 4) is 5.75 Å².